The first-order valence-electron chi connectivity index (χ1n) is 9.03. The third-order valence-electron chi connectivity index (χ3n) is 4.83. The number of hydrogen-bond acceptors (Lipinski definition) is 4. The number of hydrogen-bond donors (Lipinski definition) is 1. The van der Waals surface area contributed by atoms with Crippen LogP contribution in [0.25, 0.3) is 0 Å². The molecular formula is C19H24FN5O2. The van der Waals surface area contributed by atoms with Gasteiger partial charge in [0, 0.05) is 63.8 Å². The summed E-state index contributed by atoms with van der Waals surface area (Å²) < 4.78 is 15.8. The molecule has 1 aromatic carbocycles. The van der Waals surface area contributed by atoms with E-state index in [1.54, 1.807) is 28.0 Å². The number of nitrogens with zero attached hydrogens (tertiary/aromatic N) is 4. The van der Waals surface area contributed by atoms with Crippen LogP contribution in [0.3, 0.4) is 0 Å². The Morgan fingerprint density at radius 3 is 2.74 bits per heavy atom. The molecule has 1 N–H and O–H groups in total. The molecule has 8 heteroatoms. The lowest BCUT2D eigenvalue weighted by atomic mass is 10.0. The second-order valence-electron chi connectivity index (χ2n) is 6.72. The summed E-state index contributed by atoms with van der Waals surface area (Å²) in [5.41, 5.74) is 2.21. The highest BCUT2D eigenvalue weighted by Gasteiger charge is 2.18. The lowest BCUT2D eigenvalue weighted by molar-refractivity contribution is -0.119. The van der Waals surface area contributed by atoms with Crippen molar-refractivity contribution in [3.63, 3.8) is 0 Å². The van der Waals surface area contributed by atoms with Gasteiger partial charge in [0.15, 0.2) is 0 Å². The summed E-state index contributed by atoms with van der Waals surface area (Å²) in [6.45, 7) is 5.80. The molecule has 144 valence electrons. The highest BCUT2D eigenvalue weighted by atomic mass is 19.1. The van der Waals surface area contributed by atoms with Crippen molar-refractivity contribution in [3.8, 4) is 0 Å². The molecule has 1 fully saturated rings. The summed E-state index contributed by atoms with van der Waals surface area (Å²) in [4.78, 5) is 27.0. The van der Waals surface area contributed by atoms with Gasteiger partial charge in [-0.15, -0.1) is 0 Å². The zero-order valence-electron chi connectivity index (χ0n) is 15.4. The molecule has 1 aliphatic rings. The first-order chi connectivity index (χ1) is 13.0. The summed E-state index contributed by atoms with van der Waals surface area (Å²) in [7, 11) is 0. The molecule has 0 bridgehead atoms. The van der Waals surface area contributed by atoms with Crippen molar-refractivity contribution in [2.45, 2.75) is 26.4 Å². The molecule has 0 unspecified atom stereocenters. The zero-order valence-corrected chi connectivity index (χ0v) is 15.4. The van der Waals surface area contributed by atoms with Crippen LogP contribution in [0.4, 0.5) is 10.1 Å². The molecule has 0 radical (unpaired) electrons. The Morgan fingerprint density at radius 1 is 1.30 bits per heavy atom. The Balaban J connectivity index is 1.62. The van der Waals surface area contributed by atoms with Gasteiger partial charge in [0.2, 0.25) is 12.3 Å². The summed E-state index contributed by atoms with van der Waals surface area (Å²) in [6.07, 6.45) is 4.58. The fraction of sp³-hybridized carbons (Fsp3) is 0.421. The Bertz CT molecular complexity index is 786. The summed E-state index contributed by atoms with van der Waals surface area (Å²) in [5, 5.41) is 6.88. The fourth-order valence-corrected chi connectivity index (χ4v) is 3.16. The maximum Gasteiger partial charge on any atom is 0.226 e. The van der Waals surface area contributed by atoms with Gasteiger partial charge in [-0.2, -0.15) is 5.10 Å². The van der Waals surface area contributed by atoms with E-state index in [1.807, 2.05) is 6.92 Å². The minimum absolute atomic E-state index is 0.176. The largest absolute Gasteiger partial charge is 0.343 e. The molecule has 3 rings (SSSR count). The van der Waals surface area contributed by atoms with Gasteiger partial charge in [-0.25, -0.2) is 4.39 Å². The number of rotatable bonds is 7. The second-order valence-corrected chi connectivity index (χ2v) is 6.72. The molecule has 7 nitrogen and oxygen atoms in total. The average Bonchev–Trinajstić information content (AvgIpc) is 3.18. The predicted molar refractivity (Wildman–Crippen MR) is 99.5 cm³/mol. The maximum atomic E-state index is 14.1. The number of benzene rings is 1. The van der Waals surface area contributed by atoms with Gasteiger partial charge in [-0.1, -0.05) is 0 Å². The van der Waals surface area contributed by atoms with Crippen molar-refractivity contribution in [3.05, 3.63) is 47.5 Å². The third kappa shape index (κ3) is 5.13. The van der Waals surface area contributed by atoms with Crippen LogP contribution in [0.5, 0.6) is 0 Å². The van der Waals surface area contributed by atoms with Crippen LogP contribution < -0.4 is 5.32 Å². The van der Waals surface area contributed by atoms with Crippen molar-refractivity contribution in [2.24, 2.45) is 0 Å². The van der Waals surface area contributed by atoms with E-state index < -0.39 is 0 Å². The fourth-order valence-electron chi connectivity index (χ4n) is 3.16. The molecule has 1 aliphatic heterocycles. The van der Waals surface area contributed by atoms with Crippen LogP contribution >= 0.6 is 0 Å². The monoisotopic (exact) mass is 373 g/mol. The number of piperazine rings is 1. The molecule has 1 saturated heterocycles. The molecular weight excluding hydrogens is 349 g/mol. The number of carbonyl (C=O) groups is 2. The quantitative estimate of drug-likeness (QED) is 0.749. The van der Waals surface area contributed by atoms with Gasteiger partial charge in [0.25, 0.3) is 0 Å². The van der Waals surface area contributed by atoms with E-state index >= 15 is 0 Å². The van der Waals surface area contributed by atoms with Gasteiger partial charge in [0.05, 0.1) is 0 Å². The second kappa shape index (κ2) is 8.77. The van der Waals surface area contributed by atoms with Crippen LogP contribution in [0.2, 0.25) is 0 Å². The van der Waals surface area contributed by atoms with E-state index in [4.69, 9.17) is 0 Å². The maximum absolute atomic E-state index is 14.1. The highest BCUT2D eigenvalue weighted by molar-refractivity contribution is 5.91. The first-order valence-corrected chi connectivity index (χ1v) is 9.03. The minimum atomic E-state index is -0.371. The molecule has 0 spiro atoms. The number of carbonyl (C=O) groups excluding carboxylic acids is 2. The molecule has 27 heavy (non-hydrogen) atoms. The number of aryl methyl sites for hydroxylation is 1. The Kier molecular flexibility index (Phi) is 6.18. The van der Waals surface area contributed by atoms with Crippen molar-refractivity contribution in [1.82, 2.24) is 19.6 Å². The standard InChI is InChI=1S/C19H24FN5O2/c1-15-16(13-23-7-9-24(14-26)10-8-23)11-17(20)12-18(15)22-19(27)3-6-25-5-2-4-21-25/h2,4-5,11-12,14H,3,6-10,13H2,1H3,(H,22,27). The SMILES string of the molecule is Cc1c(CN2CCN(C=O)CC2)cc(F)cc1NC(=O)CCn1cccn1. The van der Waals surface area contributed by atoms with Crippen LogP contribution in [-0.4, -0.2) is 58.1 Å². The molecule has 0 saturated carbocycles. The van der Waals surface area contributed by atoms with E-state index in [0.717, 1.165) is 30.6 Å². The van der Waals surface area contributed by atoms with Crippen molar-refractivity contribution in [2.75, 3.05) is 31.5 Å². The number of nitrogens with one attached hydrogen (secondary N) is 1. The van der Waals surface area contributed by atoms with Gasteiger partial charge in [-0.3, -0.25) is 19.2 Å². The number of halogens is 1. The van der Waals surface area contributed by atoms with E-state index in [2.05, 4.69) is 15.3 Å². The van der Waals surface area contributed by atoms with Crippen LogP contribution in [0, 0.1) is 12.7 Å². The molecule has 2 heterocycles. The van der Waals surface area contributed by atoms with Crippen LogP contribution in [-0.2, 0) is 22.7 Å². The van der Waals surface area contributed by atoms with Crippen LogP contribution in [0.1, 0.15) is 17.5 Å². The predicted octanol–water partition coefficient (Wildman–Crippen LogP) is 1.63. The molecule has 1 aromatic heterocycles. The lowest BCUT2D eigenvalue weighted by Crippen LogP contribution is -2.45. The van der Waals surface area contributed by atoms with Crippen molar-refractivity contribution < 1.29 is 14.0 Å². The molecule has 2 amide bonds. The summed E-state index contributed by atoms with van der Waals surface area (Å²) >= 11 is 0. The van der Waals surface area contributed by atoms with E-state index in [1.165, 1.54) is 12.1 Å². The Morgan fingerprint density at radius 2 is 2.07 bits per heavy atom. The normalized spacial score (nSPS) is 15.0. The van der Waals surface area contributed by atoms with Gasteiger partial charge in [0.1, 0.15) is 5.82 Å². The van der Waals surface area contributed by atoms with Gasteiger partial charge < -0.3 is 10.2 Å². The summed E-state index contributed by atoms with van der Waals surface area (Å²) in [5.74, 6) is -0.547. The number of anilines is 1. The molecule has 0 aliphatic carbocycles. The van der Waals surface area contributed by atoms with E-state index in [-0.39, 0.29) is 18.1 Å². The van der Waals surface area contributed by atoms with E-state index in [0.29, 0.717) is 31.9 Å². The van der Waals surface area contributed by atoms with Gasteiger partial charge in [-0.05, 0) is 36.2 Å². The average molecular weight is 373 g/mol. The molecule has 0 atom stereocenters. The van der Waals surface area contributed by atoms with E-state index in [9.17, 15) is 14.0 Å². The van der Waals surface area contributed by atoms with Crippen molar-refractivity contribution in [1.29, 1.82) is 0 Å². The third-order valence-corrected chi connectivity index (χ3v) is 4.83. The lowest BCUT2D eigenvalue weighted by Gasteiger charge is -2.33. The Hall–Kier alpha value is -2.74. The summed E-state index contributed by atoms with van der Waals surface area (Å²) in [6, 6.07) is 4.67. The zero-order chi connectivity index (χ0) is 19.2. The number of amides is 2. The van der Waals surface area contributed by atoms with Gasteiger partial charge >= 0.3 is 0 Å². The van der Waals surface area contributed by atoms with Crippen molar-refractivity contribution >= 4 is 18.0 Å². The highest BCUT2D eigenvalue weighted by Crippen LogP contribution is 2.23. The van der Waals surface area contributed by atoms with Crippen LogP contribution in [0.15, 0.2) is 30.6 Å². The topological polar surface area (TPSA) is 70.5 Å². The molecule has 2 aromatic rings. The Labute approximate surface area is 157 Å². The smallest absolute Gasteiger partial charge is 0.226 e. The first kappa shape index (κ1) is 19.0. The minimum Gasteiger partial charge on any atom is -0.343 e. The number of aromatic nitrogens is 2.